The maximum atomic E-state index is 10.6. The van der Waals surface area contributed by atoms with Crippen LogP contribution < -0.4 is 0 Å². The second-order valence-electron chi connectivity index (χ2n) is 0.528. The van der Waals surface area contributed by atoms with Gasteiger partial charge in [0, 0.05) is 0 Å². The van der Waals surface area contributed by atoms with Gasteiger partial charge in [-0.2, -0.15) is 0 Å². The van der Waals surface area contributed by atoms with Crippen LogP contribution in [0.3, 0.4) is 0 Å². The Morgan fingerprint density at radius 2 is 2.40 bits per heavy atom. The van der Waals surface area contributed by atoms with Crippen LogP contribution in [0.1, 0.15) is 0 Å². The van der Waals surface area contributed by atoms with Crippen molar-refractivity contribution < 1.29 is 9.50 Å². The molecule has 0 aromatic carbocycles. The maximum absolute atomic E-state index is 10.6. The van der Waals surface area contributed by atoms with Crippen LogP contribution in [0.25, 0.3) is 0 Å². The van der Waals surface area contributed by atoms with E-state index in [1.165, 1.54) is 0 Å². The highest BCUT2D eigenvalue weighted by Crippen LogP contribution is 1.66. The molecule has 0 heterocycles. The van der Waals surface area contributed by atoms with Crippen LogP contribution in [0.5, 0.6) is 0 Å². The quantitative estimate of drug-likeness (QED) is 0.441. The van der Waals surface area contributed by atoms with Crippen molar-refractivity contribution in [3.8, 4) is 0 Å². The lowest BCUT2D eigenvalue weighted by atomic mass is 10.7. The van der Waals surface area contributed by atoms with Crippen LogP contribution in [0.2, 0.25) is 0 Å². The van der Waals surface area contributed by atoms with E-state index in [0.29, 0.717) is 0 Å². The minimum atomic E-state index is -0.462. The molecule has 0 aliphatic carbocycles. The molecule has 29 valence electrons. The van der Waals surface area contributed by atoms with Gasteiger partial charge in [-0.05, 0) is 6.08 Å². The summed E-state index contributed by atoms with van der Waals surface area (Å²) in [7, 11) is 0. The Bertz CT molecular complexity index is 33.9. The molecule has 0 aromatic rings. The smallest absolute Gasteiger partial charge is 0.103 e. The fraction of sp³-hybridized carbons (Fsp3) is 0.333. The van der Waals surface area contributed by atoms with Crippen LogP contribution in [-0.4, -0.2) is 6.61 Å². The Balaban J connectivity index is 2.62. The molecule has 0 bridgehead atoms. The zero-order valence-electron chi connectivity index (χ0n) is 2.65. The lowest BCUT2D eigenvalue weighted by Crippen LogP contribution is -1.61. The lowest BCUT2D eigenvalue weighted by molar-refractivity contribution is 0.231. The Kier molecular flexibility index (Phi) is 3.36. The van der Waals surface area contributed by atoms with E-state index in [2.05, 4.69) is 0 Å². The van der Waals surface area contributed by atoms with Crippen molar-refractivity contribution in [1.82, 2.24) is 0 Å². The molecule has 0 fully saturated rings. The third kappa shape index (κ3) is 3.63. The summed E-state index contributed by atoms with van der Waals surface area (Å²) < 4.78 is 10.6. The highest BCUT2D eigenvalue weighted by Gasteiger charge is 1.58. The van der Waals surface area contributed by atoms with Gasteiger partial charge in [0.15, 0.2) is 0 Å². The molecule has 1 radical (unpaired) electrons. The summed E-state index contributed by atoms with van der Waals surface area (Å²) in [6.07, 6.45) is 1.15. The molecule has 0 N–H and O–H groups in total. The molecule has 5 heavy (non-hydrogen) atoms. The van der Waals surface area contributed by atoms with Gasteiger partial charge < -0.3 is 0 Å². The summed E-state index contributed by atoms with van der Waals surface area (Å²) in [5, 5.41) is 9.20. The molecular formula is C3H4FO. The standard InChI is InChI=1S/C3H4FO/c4-2-1-3-5/h1-2H,3H2/b2-1+. The first kappa shape index (κ1) is 4.63. The Morgan fingerprint density at radius 3 is 2.40 bits per heavy atom. The largest absolute Gasteiger partial charge is 0.232 e. The van der Waals surface area contributed by atoms with E-state index in [9.17, 15) is 9.50 Å². The average molecular weight is 75.1 g/mol. The molecule has 0 saturated heterocycles. The van der Waals surface area contributed by atoms with Gasteiger partial charge in [0.25, 0.3) is 0 Å². The highest BCUT2D eigenvalue weighted by molar-refractivity contribution is 4.68. The second-order valence-corrected chi connectivity index (χ2v) is 0.528. The zero-order chi connectivity index (χ0) is 4.12. The van der Waals surface area contributed by atoms with Gasteiger partial charge in [0.2, 0.25) is 0 Å². The van der Waals surface area contributed by atoms with Crippen molar-refractivity contribution in [1.29, 1.82) is 0 Å². The lowest BCUT2D eigenvalue weighted by Gasteiger charge is -1.59. The Labute approximate surface area is 29.7 Å². The van der Waals surface area contributed by atoms with E-state index in [-0.39, 0.29) is 6.33 Å². The Hall–Kier alpha value is -0.370. The molecule has 0 atom stereocenters. The zero-order valence-corrected chi connectivity index (χ0v) is 2.65. The molecule has 0 aromatic heterocycles. The van der Waals surface area contributed by atoms with E-state index in [0.717, 1.165) is 6.08 Å². The molecule has 2 heteroatoms. The van der Waals surface area contributed by atoms with E-state index in [1.807, 2.05) is 0 Å². The second kappa shape index (κ2) is 3.63. The molecule has 0 rings (SSSR count). The summed E-state index contributed by atoms with van der Waals surface area (Å²) >= 11 is 0. The molecule has 0 unspecified atom stereocenters. The minimum absolute atomic E-state index is 0.243. The van der Waals surface area contributed by atoms with Crippen molar-refractivity contribution in [2.24, 2.45) is 0 Å². The first-order valence-corrected chi connectivity index (χ1v) is 1.25. The molecule has 0 saturated carbocycles. The summed E-state index contributed by atoms with van der Waals surface area (Å²) in [5.74, 6) is 0. The van der Waals surface area contributed by atoms with Gasteiger partial charge in [-0.25, -0.2) is 9.50 Å². The third-order valence-electron chi connectivity index (χ3n) is 0.185. The molecular weight excluding hydrogens is 71.0 g/mol. The summed E-state index contributed by atoms with van der Waals surface area (Å²) in [5.41, 5.74) is 0. The Morgan fingerprint density at radius 1 is 1.80 bits per heavy atom. The van der Waals surface area contributed by atoms with Crippen LogP contribution in [-0.2, 0) is 5.11 Å². The molecule has 0 spiro atoms. The molecule has 0 amide bonds. The van der Waals surface area contributed by atoms with E-state index >= 15 is 0 Å². The molecule has 1 nitrogen and oxygen atoms in total. The van der Waals surface area contributed by atoms with Gasteiger partial charge in [0.05, 0.1) is 6.33 Å². The predicted molar refractivity (Wildman–Crippen MR) is 15.8 cm³/mol. The molecule has 0 aliphatic heterocycles. The topological polar surface area (TPSA) is 19.9 Å². The van der Waals surface area contributed by atoms with Gasteiger partial charge in [-0.3, -0.25) is 0 Å². The van der Waals surface area contributed by atoms with Gasteiger partial charge in [-0.1, -0.05) is 0 Å². The van der Waals surface area contributed by atoms with Crippen LogP contribution in [0.4, 0.5) is 4.39 Å². The van der Waals surface area contributed by atoms with Gasteiger partial charge >= 0.3 is 0 Å². The molecule has 0 aliphatic rings. The van der Waals surface area contributed by atoms with Crippen molar-refractivity contribution in [2.45, 2.75) is 0 Å². The van der Waals surface area contributed by atoms with Gasteiger partial charge in [-0.15, -0.1) is 0 Å². The number of halogens is 1. The first-order chi connectivity index (χ1) is 2.41. The maximum Gasteiger partial charge on any atom is 0.103 e. The fourth-order valence-electron chi connectivity index (χ4n) is 0.0364. The summed E-state index contributed by atoms with van der Waals surface area (Å²) in [6, 6.07) is 0. The van der Waals surface area contributed by atoms with E-state index < -0.39 is 6.61 Å². The first-order valence-electron chi connectivity index (χ1n) is 1.25. The number of hydrogen-bond donors (Lipinski definition) is 0. The van der Waals surface area contributed by atoms with Crippen LogP contribution >= 0.6 is 0 Å². The highest BCUT2D eigenvalue weighted by atomic mass is 19.1. The van der Waals surface area contributed by atoms with Crippen LogP contribution in [0.15, 0.2) is 12.4 Å². The van der Waals surface area contributed by atoms with Gasteiger partial charge in [0.1, 0.15) is 6.61 Å². The average Bonchev–Trinajstić information content (AvgIpc) is 1.41. The number of hydrogen-bond acceptors (Lipinski definition) is 0. The SMILES string of the molecule is [O]C/C=C/F. The van der Waals surface area contributed by atoms with E-state index in [4.69, 9.17) is 0 Å². The van der Waals surface area contributed by atoms with Crippen molar-refractivity contribution in [3.05, 3.63) is 12.4 Å². The summed E-state index contributed by atoms with van der Waals surface area (Å²) in [4.78, 5) is 0. The monoisotopic (exact) mass is 75.0 g/mol. The summed E-state index contributed by atoms with van der Waals surface area (Å²) in [6.45, 7) is -0.462. The minimum Gasteiger partial charge on any atom is -0.232 e. The van der Waals surface area contributed by atoms with Crippen molar-refractivity contribution in [2.75, 3.05) is 6.61 Å². The normalized spacial score (nSPS) is 10.0. The van der Waals surface area contributed by atoms with Crippen molar-refractivity contribution >= 4 is 0 Å². The van der Waals surface area contributed by atoms with E-state index in [1.54, 1.807) is 0 Å². The van der Waals surface area contributed by atoms with Crippen molar-refractivity contribution in [3.63, 3.8) is 0 Å². The van der Waals surface area contributed by atoms with Crippen LogP contribution in [0, 0.1) is 0 Å². The predicted octanol–water partition coefficient (Wildman–Crippen LogP) is 0.900. The fourth-order valence-corrected chi connectivity index (χ4v) is 0.0364. The third-order valence-corrected chi connectivity index (χ3v) is 0.185. The number of rotatable bonds is 1.